The van der Waals surface area contributed by atoms with Crippen LogP contribution in [0.3, 0.4) is 0 Å². The van der Waals surface area contributed by atoms with Gasteiger partial charge in [0.1, 0.15) is 6.61 Å². The van der Waals surface area contributed by atoms with E-state index in [-0.39, 0.29) is 24.1 Å². The van der Waals surface area contributed by atoms with E-state index < -0.39 is 10.1 Å². The highest BCUT2D eigenvalue weighted by molar-refractivity contribution is 7.86. The van der Waals surface area contributed by atoms with Gasteiger partial charge in [0, 0.05) is 6.61 Å². The lowest BCUT2D eigenvalue weighted by Gasteiger charge is -2.08. The van der Waals surface area contributed by atoms with Gasteiger partial charge in [-0.15, -0.1) is 0 Å². The molecule has 0 aliphatic heterocycles. The molecule has 0 bridgehead atoms. The van der Waals surface area contributed by atoms with E-state index in [2.05, 4.69) is 0 Å². The summed E-state index contributed by atoms with van der Waals surface area (Å²) in [6, 6.07) is 6.72. The van der Waals surface area contributed by atoms with Gasteiger partial charge >= 0.3 is 5.97 Å². The molecule has 0 heterocycles. The van der Waals surface area contributed by atoms with Crippen LogP contribution in [-0.4, -0.2) is 40.8 Å². The van der Waals surface area contributed by atoms with Crippen LogP contribution < -0.4 is 0 Å². The van der Waals surface area contributed by atoms with Crippen LogP contribution in [0.2, 0.25) is 0 Å². The molecule has 0 fully saturated rings. The first-order valence-corrected chi connectivity index (χ1v) is 9.06. The highest BCUT2D eigenvalue weighted by Crippen LogP contribution is 2.17. The fraction of sp³-hybridized carbons (Fsp3) is 0.562. The summed E-state index contributed by atoms with van der Waals surface area (Å²) in [5, 5.41) is 0. The predicted molar refractivity (Wildman–Crippen MR) is 85.6 cm³/mol. The van der Waals surface area contributed by atoms with Gasteiger partial charge in [-0.05, 0) is 44.7 Å². The number of esters is 1. The van der Waals surface area contributed by atoms with Crippen LogP contribution in [0.15, 0.2) is 29.2 Å². The standard InChI is InChI=1S/C16H24O6S/c1-3-21-16(17)13-20-11-7-4-8-12-22-23(18,19)15-10-6-5-9-14(15)2/h5-6,9-10H,3-4,7-8,11-13H2,1-2H3. The van der Waals surface area contributed by atoms with Crippen LogP contribution in [0.25, 0.3) is 0 Å². The topological polar surface area (TPSA) is 78.9 Å². The second-order valence-electron chi connectivity index (χ2n) is 4.96. The molecule has 0 amide bonds. The lowest BCUT2D eigenvalue weighted by molar-refractivity contribution is -0.148. The molecule has 0 spiro atoms. The average Bonchev–Trinajstić information content (AvgIpc) is 2.50. The van der Waals surface area contributed by atoms with Crippen molar-refractivity contribution in [3.63, 3.8) is 0 Å². The Morgan fingerprint density at radius 2 is 1.78 bits per heavy atom. The largest absolute Gasteiger partial charge is 0.464 e. The van der Waals surface area contributed by atoms with Crippen LogP contribution in [0, 0.1) is 6.92 Å². The van der Waals surface area contributed by atoms with Crippen molar-refractivity contribution in [2.75, 3.05) is 26.4 Å². The maximum Gasteiger partial charge on any atom is 0.332 e. The maximum absolute atomic E-state index is 12.0. The summed E-state index contributed by atoms with van der Waals surface area (Å²) >= 11 is 0. The minimum atomic E-state index is -3.70. The zero-order valence-electron chi connectivity index (χ0n) is 13.6. The first kappa shape index (κ1) is 19.6. The number of hydrogen-bond donors (Lipinski definition) is 0. The fourth-order valence-electron chi connectivity index (χ4n) is 1.91. The SMILES string of the molecule is CCOC(=O)COCCCCCOS(=O)(=O)c1ccccc1C. The number of benzene rings is 1. The molecule has 0 aliphatic carbocycles. The highest BCUT2D eigenvalue weighted by Gasteiger charge is 2.16. The summed E-state index contributed by atoms with van der Waals surface area (Å²) < 4.78 is 39.0. The van der Waals surface area contributed by atoms with Gasteiger partial charge in [-0.3, -0.25) is 4.18 Å². The molecule has 23 heavy (non-hydrogen) atoms. The maximum atomic E-state index is 12.0. The quantitative estimate of drug-likeness (QED) is 0.348. The molecule has 0 N–H and O–H groups in total. The van der Waals surface area contributed by atoms with Crippen molar-refractivity contribution in [3.8, 4) is 0 Å². The van der Waals surface area contributed by atoms with Crippen LogP contribution >= 0.6 is 0 Å². The third kappa shape index (κ3) is 7.58. The summed E-state index contributed by atoms with van der Waals surface area (Å²) in [4.78, 5) is 11.2. The molecule has 0 unspecified atom stereocenters. The smallest absolute Gasteiger partial charge is 0.332 e. The normalized spacial score (nSPS) is 11.4. The summed E-state index contributed by atoms with van der Waals surface area (Å²) in [6.45, 7) is 4.33. The van der Waals surface area contributed by atoms with E-state index in [1.165, 1.54) is 6.07 Å². The van der Waals surface area contributed by atoms with E-state index in [1.54, 1.807) is 32.0 Å². The lowest BCUT2D eigenvalue weighted by Crippen LogP contribution is -2.13. The number of carbonyl (C=O) groups is 1. The van der Waals surface area contributed by atoms with Gasteiger partial charge < -0.3 is 9.47 Å². The third-order valence-electron chi connectivity index (χ3n) is 3.06. The van der Waals surface area contributed by atoms with E-state index in [0.29, 0.717) is 25.2 Å². The van der Waals surface area contributed by atoms with Gasteiger partial charge in [-0.1, -0.05) is 18.2 Å². The number of ether oxygens (including phenoxy) is 2. The van der Waals surface area contributed by atoms with Crippen molar-refractivity contribution in [2.24, 2.45) is 0 Å². The fourth-order valence-corrected chi connectivity index (χ4v) is 3.08. The van der Waals surface area contributed by atoms with Gasteiger partial charge in [-0.25, -0.2) is 4.79 Å². The minimum Gasteiger partial charge on any atom is -0.464 e. The molecule has 0 saturated heterocycles. The first-order valence-electron chi connectivity index (χ1n) is 7.66. The van der Waals surface area contributed by atoms with Gasteiger partial charge in [0.15, 0.2) is 0 Å². The zero-order chi connectivity index (χ0) is 17.1. The average molecular weight is 344 g/mol. The van der Waals surface area contributed by atoms with E-state index in [1.807, 2.05) is 0 Å². The number of carbonyl (C=O) groups excluding carboxylic acids is 1. The Morgan fingerprint density at radius 3 is 2.48 bits per heavy atom. The second-order valence-corrected chi connectivity index (χ2v) is 6.54. The van der Waals surface area contributed by atoms with Gasteiger partial charge in [0.25, 0.3) is 10.1 Å². The molecule has 0 atom stereocenters. The number of rotatable bonds is 11. The predicted octanol–water partition coefficient (Wildman–Crippen LogP) is 2.45. The van der Waals surface area contributed by atoms with Crippen molar-refractivity contribution in [2.45, 2.75) is 38.0 Å². The molecule has 1 aromatic carbocycles. The van der Waals surface area contributed by atoms with Crippen molar-refractivity contribution in [3.05, 3.63) is 29.8 Å². The Balaban J connectivity index is 2.16. The van der Waals surface area contributed by atoms with E-state index in [4.69, 9.17) is 13.7 Å². The molecular formula is C16H24O6S. The monoisotopic (exact) mass is 344 g/mol. The number of aryl methyl sites for hydroxylation is 1. The summed E-state index contributed by atoms with van der Waals surface area (Å²) in [6.07, 6.45) is 2.09. The molecule has 1 rings (SSSR count). The van der Waals surface area contributed by atoms with Crippen LogP contribution in [-0.2, 0) is 28.6 Å². The van der Waals surface area contributed by atoms with E-state index in [9.17, 15) is 13.2 Å². The Kier molecular flexibility index (Phi) is 8.83. The first-order chi connectivity index (χ1) is 11.0. The summed E-state index contributed by atoms with van der Waals surface area (Å²) in [5.74, 6) is -0.375. The molecular weight excluding hydrogens is 320 g/mol. The third-order valence-corrected chi connectivity index (χ3v) is 4.53. The van der Waals surface area contributed by atoms with Crippen molar-refractivity contribution < 1.29 is 26.9 Å². The van der Waals surface area contributed by atoms with Crippen molar-refractivity contribution in [1.82, 2.24) is 0 Å². The Morgan fingerprint density at radius 1 is 1.09 bits per heavy atom. The molecule has 7 heteroatoms. The van der Waals surface area contributed by atoms with E-state index >= 15 is 0 Å². The molecule has 0 aliphatic rings. The van der Waals surface area contributed by atoms with Crippen molar-refractivity contribution in [1.29, 1.82) is 0 Å². The number of hydrogen-bond acceptors (Lipinski definition) is 6. The van der Waals surface area contributed by atoms with Gasteiger partial charge in [-0.2, -0.15) is 8.42 Å². The minimum absolute atomic E-state index is 0.0496. The van der Waals surface area contributed by atoms with Crippen LogP contribution in [0.4, 0.5) is 0 Å². The highest BCUT2D eigenvalue weighted by atomic mass is 32.2. The van der Waals surface area contributed by atoms with Gasteiger partial charge in [0.05, 0.1) is 18.1 Å². The molecule has 6 nitrogen and oxygen atoms in total. The molecule has 0 saturated carbocycles. The Hall–Kier alpha value is -1.44. The lowest BCUT2D eigenvalue weighted by atomic mass is 10.2. The zero-order valence-corrected chi connectivity index (χ0v) is 14.4. The Labute approximate surface area is 137 Å². The van der Waals surface area contributed by atoms with Crippen LogP contribution in [0.5, 0.6) is 0 Å². The molecule has 0 radical (unpaired) electrons. The van der Waals surface area contributed by atoms with Crippen LogP contribution in [0.1, 0.15) is 31.7 Å². The van der Waals surface area contributed by atoms with E-state index in [0.717, 1.165) is 12.8 Å². The van der Waals surface area contributed by atoms with Crippen molar-refractivity contribution >= 4 is 16.1 Å². The van der Waals surface area contributed by atoms with Gasteiger partial charge in [0.2, 0.25) is 0 Å². The Bertz CT molecular complexity index is 582. The molecule has 1 aromatic rings. The number of unbranched alkanes of at least 4 members (excludes halogenated alkanes) is 2. The summed E-state index contributed by atoms with van der Waals surface area (Å²) in [7, 11) is -3.70. The summed E-state index contributed by atoms with van der Waals surface area (Å²) in [5.41, 5.74) is 0.667. The molecule has 0 aromatic heterocycles. The molecule has 130 valence electrons. The second kappa shape index (κ2) is 10.4.